The number of amides is 1. The van der Waals surface area contributed by atoms with E-state index in [1.165, 1.54) is 11.1 Å². The first-order valence-electron chi connectivity index (χ1n) is 13.9. The lowest BCUT2D eigenvalue weighted by molar-refractivity contribution is -0.132. The van der Waals surface area contributed by atoms with E-state index >= 15 is 0 Å². The third kappa shape index (κ3) is 7.52. The molecule has 7 nitrogen and oxygen atoms in total. The van der Waals surface area contributed by atoms with Crippen LogP contribution in [0.3, 0.4) is 0 Å². The highest BCUT2D eigenvalue weighted by Gasteiger charge is 2.36. The van der Waals surface area contributed by atoms with E-state index in [2.05, 4.69) is 33.1 Å². The number of Topliss-reactive ketones (excluding diaryl/α,β-unsaturated/α-hetero) is 1. The fraction of sp³-hybridized carbons (Fsp3) is 0.533. The van der Waals surface area contributed by atoms with E-state index in [1.54, 1.807) is 30.3 Å². The van der Waals surface area contributed by atoms with Crippen molar-refractivity contribution in [2.45, 2.75) is 82.3 Å². The molecule has 1 fully saturated rings. The number of sulfonamides is 1. The van der Waals surface area contributed by atoms with Crippen LogP contribution in [0.5, 0.6) is 0 Å². The van der Waals surface area contributed by atoms with Crippen molar-refractivity contribution >= 4 is 21.7 Å². The number of hydrogen-bond donors (Lipinski definition) is 2. The molecule has 0 radical (unpaired) electrons. The molecule has 1 saturated carbocycles. The molecule has 2 N–H and O–H groups in total. The van der Waals surface area contributed by atoms with Crippen LogP contribution in [0, 0.1) is 11.8 Å². The Balaban J connectivity index is 1.43. The summed E-state index contributed by atoms with van der Waals surface area (Å²) >= 11 is 0. The minimum absolute atomic E-state index is 0.0173. The highest BCUT2D eigenvalue weighted by molar-refractivity contribution is 7.89. The van der Waals surface area contributed by atoms with Gasteiger partial charge in [0.1, 0.15) is 0 Å². The van der Waals surface area contributed by atoms with Crippen LogP contribution in [0.4, 0.5) is 0 Å². The van der Waals surface area contributed by atoms with Gasteiger partial charge in [0, 0.05) is 12.6 Å². The number of carbonyl (C=O) groups excluding carboxylic acids is 2. The van der Waals surface area contributed by atoms with E-state index in [-0.39, 0.29) is 22.5 Å². The van der Waals surface area contributed by atoms with Crippen molar-refractivity contribution in [2.75, 3.05) is 13.1 Å². The summed E-state index contributed by atoms with van der Waals surface area (Å²) in [6.45, 7) is 5.96. The third-order valence-electron chi connectivity index (χ3n) is 7.69. The van der Waals surface area contributed by atoms with Gasteiger partial charge in [-0.05, 0) is 67.8 Å². The number of aryl methyl sites for hydroxylation is 1. The molecule has 4 rings (SSSR count). The topological polar surface area (TPSA) is 95.6 Å². The van der Waals surface area contributed by atoms with Gasteiger partial charge in [-0.1, -0.05) is 69.2 Å². The van der Waals surface area contributed by atoms with Crippen LogP contribution in [-0.2, 0) is 32.6 Å². The molecule has 3 atom stereocenters. The number of carbonyl (C=O) groups is 2. The van der Waals surface area contributed by atoms with Gasteiger partial charge >= 0.3 is 0 Å². The van der Waals surface area contributed by atoms with Gasteiger partial charge < -0.3 is 5.32 Å². The van der Waals surface area contributed by atoms with Gasteiger partial charge in [0.05, 0.1) is 23.4 Å². The molecule has 1 aliphatic carbocycles. The zero-order valence-corrected chi connectivity index (χ0v) is 23.4. The van der Waals surface area contributed by atoms with E-state index in [0.29, 0.717) is 25.8 Å². The monoisotopic (exact) mass is 539 g/mol. The number of rotatable bonds is 10. The lowest BCUT2D eigenvalue weighted by Crippen LogP contribution is -2.53. The average molecular weight is 540 g/mol. The zero-order chi connectivity index (χ0) is 27.1. The Morgan fingerprint density at radius 1 is 0.947 bits per heavy atom. The molecule has 2 aliphatic rings. The highest BCUT2D eigenvalue weighted by Crippen LogP contribution is 2.27. The number of hydrogen-bond acceptors (Lipinski definition) is 5. The first kappa shape index (κ1) is 28.5. The molecule has 0 saturated heterocycles. The van der Waals surface area contributed by atoms with Gasteiger partial charge in [0.25, 0.3) is 0 Å². The second-order valence-corrected chi connectivity index (χ2v) is 12.9. The van der Waals surface area contributed by atoms with Crippen LogP contribution in [0.2, 0.25) is 0 Å². The molecular formula is C30H41N3O4S. The van der Waals surface area contributed by atoms with E-state index < -0.39 is 28.0 Å². The summed E-state index contributed by atoms with van der Waals surface area (Å²) < 4.78 is 28.7. The van der Waals surface area contributed by atoms with Crippen LogP contribution < -0.4 is 10.0 Å². The summed E-state index contributed by atoms with van der Waals surface area (Å²) in [5.41, 5.74) is 2.61. The maximum atomic E-state index is 13.5. The molecule has 1 aliphatic heterocycles. The molecule has 8 heteroatoms. The van der Waals surface area contributed by atoms with Crippen molar-refractivity contribution in [3.63, 3.8) is 0 Å². The highest BCUT2D eigenvalue weighted by atomic mass is 32.2. The summed E-state index contributed by atoms with van der Waals surface area (Å²) in [6.07, 6.45) is 5.47. The fourth-order valence-electron chi connectivity index (χ4n) is 5.71. The van der Waals surface area contributed by atoms with Crippen molar-refractivity contribution in [3.05, 3.63) is 65.7 Å². The van der Waals surface area contributed by atoms with Crippen molar-refractivity contribution in [2.24, 2.45) is 11.8 Å². The Bertz CT molecular complexity index is 1200. The van der Waals surface area contributed by atoms with E-state index in [1.807, 2.05) is 19.9 Å². The average Bonchev–Trinajstić information content (AvgIpc) is 3.10. The predicted octanol–water partition coefficient (Wildman–Crippen LogP) is 4.07. The Labute approximate surface area is 227 Å². The molecule has 206 valence electrons. The maximum absolute atomic E-state index is 13.5. The number of benzene rings is 2. The molecule has 2 aromatic carbocycles. The molecule has 2 aromatic rings. The zero-order valence-electron chi connectivity index (χ0n) is 22.6. The van der Waals surface area contributed by atoms with Crippen LogP contribution in [-0.4, -0.2) is 50.2 Å². The second-order valence-electron chi connectivity index (χ2n) is 11.2. The van der Waals surface area contributed by atoms with Crippen LogP contribution in [0.25, 0.3) is 0 Å². The summed E-state index contributed by atoms with van der Waals surface area (Å²) in [4.78, 5) is 29.4. The van der Waals surface area contributed by atoms with Crippen molar-refractivity contribution in [1.82, 2.24) is 14.9 Å². The number of fused-ring (bicyclic) bond motifs is 1. The number of nitrogens with one attached hydrogen (secondary N) is 2. The lowest BCUT2D eigenvalue weighted by Gasteiger charge is -2.33. The maximum Gasteiger partial charge on any atom is 0.240 e. The molecule has 38 heavy (non-hydrogen) atoms. The Morgan fingerprint density at radius 3 is 2.37 bits per heavy atom. The number of ketones is 1. The first-order valence-corrected chi connectivity index (χ1v) is 15.4. The van der Waals surface area contributed by atoms with E-state index in [9.17, 15) is 18.0 Å². The van der Waals surface area contributed by atoms with Gasteiger partial charge in [-0.3, -0.25) is 14.5 Å². The Hall–Kier alpha value is -2.55. The molecule has 0 aromatic heterocycles. The Morgan fingerprint density at radius 2 is 1.63 bits per heavy atom. The van der Waals surface area contributed by atoms with E-state index in [4.69, 9.17) is 0 Å². The number of nitrogens with zero attached hydrogens (tertiary/aromatic N) is 1. The van der Waals surface area contributed by atoms with Gasteiger partial charge in [-0.25, -0.2) is 13.1 Å². The van der Waals surface area contributed by atoms with Crippen LogP contribution in [0.1, 0.15) is 63.5 Å². The third-order valence-corrected chi connectivity index (χ3v) is 9.19. The van der Waals surface area contributed by atoms with Crippen LogP contribution >= 0.6 is 0 Å². The van der Waals surface area contributed by atoms with Gasteiger partial charge in [0.15, 0.2) is 5.78 Å². The quantitative estimate of drug-likeness (QED) is 0.475. The predicted molar refractivity (Wildman–Crippen MR) is 149 cm³/mol. The summed E-state index contributed by atoms with van der Waals surface area (Å²) in [7, 11) is -3.74. The standard InChI is InChI=1S/C30H41N3O4S/c1-22(2)19-28(29(34)21-33-18-10-13-23-11-6-7-12-24(23)20-33)31-30(35)26-16-8-9-17-27(26)32-38(36,37)25-14-4-3-5-15-25/h3-7,11-12,14-15,22,26-28,32H,8-10,13,16-21H2,1-2H3,(H,31,35)/t26-,27+,28+/m1/s1. The largest absolute Gasteiger partial charge is 0.346 e. The van der Waals surface area contributed by atoms with Crippen molar-refractivity contribution in [1.29, 1.82) is 0 Å². The van der Waals surface area contributed by atoms with Gasteiger partial charge in [-0.15, -0.1) is 0 Å². The van der Waals surface area contributed by atoms with Crippen LogP contribution in [0.15, 0.2) is 59.5 Å². The Kier molecular flexibility index (Phi) is 9.74. The summed E-state index contributed by atoms with van der Waals surface area (Å²) in [6, 6.07) is 15.6. The fourth-order valence-corrected chi connectivity index (χ4v) is 7.04. The molecule has 0 unspecified atom stereocenters. The van der Waals surface area contributed by atoms with Crippen molar-refractivity contribution in [3.8, 4) is 0 Å². The second kappa shape index (κ2) is 13.0. The smallest absolute Gasteiger partial charge is 0.240 e. The normalized spacial score (nSPS) is 21.3. The molecular weight excluding hydrogens is 498 g/mol. The first-order chi connectivity index (χ1) is 18.2. The molecule has 0 spiro atoms. The molecule has 1 heterocycles. The van der Waals surface area contributed by atoms with Gasteiger partial charge in [0.2, 0.25) is 15.9 Å². The van der Waals surface area contributed by atoms with Crippen molar-refractivity contribution < 1.29 is 18.0 Å². The molecule has 0 bridgehead atoms. The van der Waals surface area contributed by atoms with E-state index in [0.717, 1.165) is 38.8 Å². The minimum Gasteiger partial charge on any atom is -0.346 e. The summed E-state index contributed by atoms with van der Waals surface area (Å²) in [5.74, 6) is -0.489. The summed E-state index contributed by atoms with van der Waals surface area (Å²) in [5, 5.41) is 3.05. The molecule has 1 amide bonds. The SMILES string of the molecule is CC(C)C[C@H](NC(=O)[C@@H]1CCCC[C@@H]1NS(=O)(=O)c1ccccc1)C(=O)CN1CCCc2ccccc2C1. The minimum atomic E-state index is -3.74. The lowest BCUT2D eigenvalue weighted by atomic mass is 9.84. The van der Waals surface area contributed by atoms with Gasteiger partial charge in [-0.2, -0.15) is 0 Å².